The molecule has 0 saturated heterocycles. The molecule has 0 amide bonds. The number of hydrogen-bond donors (Lipinski definition) is 0. The lowest BCUT2D eigenvalue weighted by Crippen LogP contribution is -2.23. The maximum atomic E-state index is 10.1. The van der Waals surface area contributed by atoms with Crippen LogP contribution in [-0.2, 0) is 4.79 Å². The van der Waals surface area contributed by atoms with Gasteiger partial charge in [0, 0.05) is 0 Å². The van der Waals surface area contributed by atoms with Crippen molar-refractivity contribution in [3.63, 3.8) is 0 Å². The molecule has 0 saturated carbocycles. The van der Waals surface area contributed by atoms with Gasteiger partial charge in [0.2, 0.25) is 6.29 Å². The third-order valence-corrected chi connectivity index (χ3v) is 1.55. The molecular weight excluding hydrogens is 192 g/mol. The molecule has 0 aliphatic rings. The molecular formula is C12H15O3. The smallest absolute Gasteiger partial charge is 0.239 e. The molecule has 0 aliphatic heterocycles. The van der Waals surface area contributed by atoms with Crippen molar-refractivity contribution in [2.24, 2.45) is 0 Å². The van der Waals surface area contributed by atoms with Gasteiger partial charge >= 0.3 is 0 Å². The summed E-state index contributed by atoms with van der Waals surface area (Å²) in [6.45, 7) is 5.78. The van der Waals surface area contributed by atoms with Crippen LogP contribution in [0.3, 0.4) is 0 Å². The fraction of sp³-hybridized carbons (Fsp3) is 0.417. The van der Waals surface area contributed by atoms with E-state index in [2.05, 4.69) is 0 Å². The van der Waals surface area contributed by atoms with Crippen molar-refractivity contribution in [1.82, 2.24) is 0 Å². The van der Waals surface area contributed by atoms with Crippen LogP contribution in [0.2, 0.25) is 0 Å². The van der Waals surface area contributed by atoms with Gasteiger partial charge in [0.25, 0.3) is 0 Å². The third kappa shape index (κ3) is 4.02. The van der Waals surface area contributed by atoms with Crippen LogP contribution in [0.15, 0.2) is 24.3 Å². The summed E-state index contributed by atoms with van der Waals surface area (Å²) in [6.07, 6.45) is 1.68. The van der Waals surface area contributed by atoms with Crippen LogP contribution < -0.4 is 9.47 Å². The van der Waals surface area contributed by atoms with E-state index in [4.69, 9.17) is 9.47 Å². The summed E-state index contributed by atoms with van der Waals surface area (Å²) in [7, 11) is 0. The molecule has 0 atom stereocenters. The fourth-order valence-corrected chi connectivity index (χ4v) is 1.09. The molecule has 1 rings (SSSR count). The highest BCUT2D eigenvalue weighted by molar-refractivity contribution is 5.53. The van der Waals surface area contributed by atoms with Gasteiger partial charge in [0.05, 0.1) is 0 Å². The van der Waals surface area contributed by atoms with E-state index in [1.54, 1.807) is 12.4 Å². The first-order valence-electron chi connectivity index (χ1n) is 4.79. The Balaban J connectivity index is 2.81. The van der Waals surface area contributed by atoms with E-state index >= 15 is 0 Å². The molecule has 1 aromatic rings. The molecule has 0 N–H and O–H groups in total. The maximum Gasteiger partial charge on any atom is 0.239 e. The van der Waals surface area contributed by atoms with Gasteiger partial charge in [0.15, 0.2) is 18.1 Å². The lowest BCUT2D eigenvalue weighted by atomic mass is 10.2. The normalized spacial score (nSPS) is 10.9. The minimum atomic E-state index is -0.287. The highest BCUT2D eigenvalue weighted by atomic mass is 16.5. The van der Waals surface area contributed by atoms with Crippen molar-refractivity contribution in [2.75, 3.05) is 6.61 Å². The van der Waals surface area contributed by atoms with Crippen LogP contribution in [0.25, 0.3) is 0 Å². The van der Waals surface area contributed by atoms with Crippen LogP contribution in [0.1, 0.15) is 20.8 Å². The summed E-state index contributed by atoms with van der Waals surface area (Å²) in [6, 6.07) is 7.26. The number of para-hydroxylation sites is 2. The second-order valence-corrected chi connectivity index (χ2v) is 4.09. The first-order valence-corrected chi connectivity index (χ1v) is 4.79. The summed E-state index contributed by atoms with van der Waals surface area (Å²) >= 11 is 0. The molecule has 1 aromatic carbocycles. The van der Waals surface area contributed by atoms with Crippen molar-refractivity contribution < 1.29 is 14.3 Å². The Bertz CT molecular complexity index is 326. The SMILES string of the molecule is CC(C)(C)Oc1ccccc1OC[C]=O. The Hall–Kier alpha value is -1.51. The Kier molecular flexibility index (Phi) is 3.72. The molecule has 0 heterocycles. The summed E-state index contributed by atoms with van der Waals surface area (Å²) in [4.78, 5) is 10.1. The predicted octanol–water partition coefficient (Wildman–Crippen LogP) is 2.35. The quantitative estimate of drug-likeness (QED) is 0.760. The molecule has 0 spiro atoms. The van der Waals surface area contributed by atoms with Gasteiger partial charge in [-0.05, 0) is 32.9 Å². The molecule has 0 bridgehead atoms. The second kappa shape index (κ2) is 4.82. The first kappa shape index (κ1) is 11.6. The molecule has 0 aliphatic carbocycles. The monoisotopic (exact) mass is 207 g/mol. The van der Waals surface area contributed by atoms with Crippen LogP contribution in [0.4, 0.5) is 0 Å². The van der Waals surface area contributed by atoms with Gasteiger partial charge in [-0.2, -0.15) is 0 Å². The topological polar surface area (TPSA) is 35.5 Å². The largest absolute Gasteiger partial charge is 0.484 e. The first-order chi connectivity index (χ1) is 7.03. The van der Waals surface area contributed by atoms with Crippen LogP contribution in [0.5, 0.6) is 11.5 Å². The number of rotatable bonds is 4. The van der Waals surface area contributed by atoms with Gasteiger partial charge in [0.1, 0.15) is 5.60 Å². The minimum Gasteiger partial charge on any atom is -0.484 e. The van der Waals surface area contributed by atoms with E-state index in [1.165, 1.54) is 0 Å². The van der Waals surface area contributed by atoms with Gasteiger partial charge in [-0.1, -0.05) is 12.1 Å². The zero-order chi connectivity index (χ0) is 11.3. The van der Waals surface area contributed by atoms with Gasteiger partial charge in [-0.15, -0.1) is 0 Å². The van der Waals surface area contributed by atoms with Crippen molar-refractivity contribution in [1.29, 1.82) is 0 Å². The molecule has 3 nitrogen and oxygen atoms in total. The highest BCUT2D eigenvalue weighted by Gasteiger charge is 2.14. The number of hydrogen-bond acceptors (Lipinski definition) is 3. The van der Waals surface area contributed by atoms with E-state index in [0.717, 1.165) is 0 Å². The van der Waals surface area contributed by atoms with E-state index < -0.39 is 0 Å². The van der Waals surface area contributed by atoms with Crippen molar-refractivity contribution >= 4 is 6.29 Å². The summed E-state index contributed by atoms with van der Waals surface area (Å²) < 4.78 is 10.9. The Morgan fingerprint density at radius 3 is 2.33 bits per heavy atom. The third-order valence-electron chi connectivity index (χ3n) is 1.55. The summed E-state index contributed by atoms with van der Waals surface area (Å²) in [5.41, 5.74) is -0.287. The van der Waals surface area contributed by atoms with Gasteiger partial charge < -0.3 is 9.47 Å². The van der Waals surface area contributed by atoms with E-state index in [1.807, 2.05) is 39.0 Å². The molecule has 15 heavy (non-hydrogen) atoms. The highest BCUT2D eigenvalue weighted by Crippen LogP contribution is 2.29. The van der Waals surface area contributed by atoms with Crippen LogP contribution >= 0.6 is 0 Å². The molecule has 1 radical (unpaired) electrons. The Morgan fingerprint density at radius 2 is 1.80 bits per heavy atom. The zero-order valence-electron chi connectivity index (χ0n) is 9.24. The zero-order valence-corrected chi connectivity index (χ0v) is 9.24. The maximum absolute atomic E-state index is 10.1. The van der Waals surface area contributed by atoms with Crippen molar-refractivity contribution in [3.05, 3.63) is 24.3 Å². The molecule has 81 valence electrons. The van der Waals surface area contributed by atoms with Gasteiger partial charge in [-0.3, -0.25) is 4.79 Å². The predicted molar refractivity (Wildman–Crippen MR) is 58.0 cm³/mol. The number of carbonyl (C=O) groups excluding carboxylic acids is 1. The summed E-state index contributed by atoms with van der Waals surface area (Å²) in [5.74, 6) is 1.20. The molecule has 0 aromatic heterocycles. The second-order valence-electron chi connectivity index (χ2n) is 4.09. The lowest BCUT2D eigenvalue weighted by molar-refractivity contribution is 0.125. The Labute approximate surface area is 90.0 Å². The standard InChI is InChI=1S/C12H15O3/c1-12(2,3)15-11-7-5-4-6-10(11)14-9-8-13/h4-7H,9H2,1-3H3. The van der Waals surface area contributed by atoms with E-state index in [-0.39, 0.29) is 12.2 Å². The lowest BCUT2D eigenvalue weighted by Gasteiger charge is -2.22. The van der Waals surface area contributed by atoms with Gasteiger partial charge in [-0.25, -0.2) is 0 Å². The average Bonchev–Trinajstić information content (AvgIpc) is 2.14. The average molecular weight is 207 g/mol. The molecule has 3 heteroatoms. The van der Waals surface area contributed by atoms with Crippen LogP contribution in [0, 0.1) is 0 Å². The molecule has 0 unspecified atom stereocenters. The minimum absolute atomic E-state index is 0.0789. The summed E-state index contributed by atoms with van der Waals surface area (Å²) in [5, 5.41) is 0. The number of benzene rings is 1. The van der Waals surface area contributed by atoms with E-state index in [0.29, 0.717) is 11.5 Å². The van der Waals surface area contributed by atoms with Crippen LogP contribution in [-0.4, -0.2) is 18.5 Å². The number of ether oxygens (including phenoxy) is 2. The molecule has 0 fully saturated rings. The van der Waals surface area contributed by atoms with E-state index in [9.17, 15) is 4.79 Å². The fourth-order valence-electron chi connectivity index (χ4n) is 1.09. The van der Waals surface area contributed by atoms with Crippen molar-refractivity contribution in [3.8, 4) is 11.5 Å². The van der Waals surface area contributed by atoms with Crippen molar-refractivity contribution in [2.45, 2.75) is 26.4 Å². The Morgan fingerprint density at radius 1 is 1.20 bits per heavy atom.